The zero-order chi connectivity index (χ0) is 42.5. The fraction of sp³-hybridized carbons (Fsp3) is 0.576. The highest BCUT2D eigenvalue weighted by atomic mass is 31.2. The molecule has 7 heterocycles. The molecule has 0 aliphatic carbocycles. The largest absolute Gasteiger partial charge is 0.478 e. The molecule has 4 aromatic rings. The van der Waals surface area contributed by atoms with Crippen molar-refractivity contribution in [2.45, 2.75) is 91.0 Å². The van der Waals surface area contributed by atoms with Gasteiger partial charge in [-0.2, -0.15) is 0 Å². The van der Waals surface area contributed by atoms with Crippen LogP contribution in [0.1, 0.15) is 60.4 Å². The van der Waals surface area contributed by atoms with Crippen molar-refractivity contribution in [3.8, 4) is 0 Å². The molecule has 0 radical (unpaired) electrons. The molecule has 26 heteroatoms. The SMILES string of the molecule is CC(C)(C)C(=O)OCOP1(=O)/C=C/[C@H]2O[C@@H](n3cnc4c(N)ncnc43)C[C@@H]2OP(=O)(OCOC(=O)C(C)(C)C)OC[C@H]2O[C@@H](n3cnc4c(N)ncnc43)[C@H](F)[C@@H]2O1. The molecule has 0 amide bonds. The molecule has 4 aromatic heterocycles. The van der Waals surface area contributed by atoms with E-state index in [1.807, 2.05) is 0 Å². The number of alkyl halides is 1. The Kier molecular flexibility index (Phi) is 11.7. The van der Waals surface area contributed by atoms with E-state index in [0.717, 1.165) is 12.1 Å². The highest BCUT2D eigenvalue weighted by Crippen LogP contribution is 2.58. The van der Waals surface area contributed by atoms with Crippen LogP contribution in [-0.2, 0) is 60.3 Å². The van der Waals surface area contributed by atoms with E-state index in [1.165, 1.54) is 34.2 Å². The van der Waals surface area contributed by atoms with E-state index in [4.69, 9.17) is 53.0 Å². The number of nitrogens with two attached hydrogens (primary N) is 2. The average Bonchev–Trinajstić information content (AvgIpc) is 3.95. The van der Waals surface area contributed by atoms with Crippen LogP contribution in [0.5, 0.6) is 0 Å². The molecular formula is C33H43FN10O13P2. The lowest BCUT2D eigenvalue weighted by atomic mass is 9.98. The number of carbonyl (C=O) groups is 2. The number of carbonyl (C=O) groups excluding carboxylic acids is 2. The Hall–Kier alpha value is -4.51. The minimum atomic E-state index is -4.81. The van der Waals surface area contributed by atoms with Crippen molar-refractivity contribution in [3.63, 3.8) is 0 Å². The molecule has 0 saturated carbocycles. The summed E-state index contributed by atoms with van der Waals surface area (Å²) >= 11 is 0. The molecule has 2 saturated heterocycles. The topological polar surface area (TPSA) is 291 Å². The van der Waals surface area contributed by atoms with Crippen molar-refractivity contribution in [1.82, 2.24) is 39.0 Å². The summed E-state index contributed by atoms with van der Waals surface area (Å²) < 4.78 is 100. The number of ether oxygens (including phenoxy) is 4. The molecular weight excluding hydrogens is 825 g/mol. The average molecular weight is 869 g/mol. The second kappa shape index (κ2) is 16.2. The quantitative estimate of drug-likeness (QED) is 0.143. The fourth-order valence-electron chi connectivity index (χ4n) is 6.05. The van der Waals surface area contributed by atoms with Gasteiger partial charge >= 0.3 is 27.4 Å². The van der Waals surface area contributed by atoms with Gasteiger partial charge in [0, 0.05) is 12.2 Å². The van der Waals surface area contributed by atoms with E-state index in [-0.39, 0.29) is 34.7 Å². The molecule has 0 aromatic carbocycles. The van der Waals surface area contributed by atoms with Crippen LogP contribution in [-0.4, -0.2) is 102 Å². The maximum Gasteiger partial charge on any atom is 0.478 e. The number of nitrogen functional groups attached to an aromatic ring is 2. The minimum Gasteiger partial charge on any atom is -0.438 e. The molecule has 2 fully saturated rings. The predicted molar refractivity (Wildman–Crippen MR) is 200 cm³/mol. The van der Waals surface area contributed by atoms with Gasteiger partial charge in [0.25, 0.3) is 0 Å². The molecule has 4 N–H and O–H groups in total. The number of hydrogen-bond donors (Lipinski definition) is 2. The number of esters is 2. The first kappa shape index (κ1) is 42.6. The molecule has 0 spiro atoms. The van der Waals surface area contributed by atoms with Gasteiger partial charge in [-0.3, -0.25) is 41.4 Å². The van der Waals surface area contributed by atoms with E-state index in [2.05, 4.69) is 29.9 Å². The van der Waals surface area contributed by atoms with Crippen LogP contribution in [0.15, 0.2) is 37.2 Å². The van der Waals surface area contributed by atoms with Gasteiger partial charge in [0.1, 0.15) is 54.3 Å². The van der Waals surface area contributed by atoms with Crippen LogP contribution in [0, 0.1) is 10.8 Å². The van der Waals surface area contributed by atoms with Gasteiger partial charge in [-0.25, -0.2) is 43.4 Å². The number of aromatic nitrogens is 8. The number of imidazole rings is 2. The maximum atomic E-state index is 16.8. The van der Waals surface area contributed by atoms with Crippen LogP contribution in [0.3, 0.4) is 0 Å². The molecule has 7 rings (SSSR count). The lowest BCUT2D eigenvalue weighted by Crippen LogP contribution is -2.34. The number of fused-ring (bicyclic) bond motifs is 4. The number of phosphoric acid groups is 1. The van der Waals surface area contributed by atoms with Gasteiger partial charge < -0.3 is 30.4 Å². The Morgan fingerprint density at radius 2 is 1.39 bits per heavy atom. The van der Waals surface area contributed by atoms with Crippen LogP contribution >= 0.6 is 15.4 Å². The van der Waals surface area contributed by atoms with Crippen molar-refractivity contribution in [2.24, 2.45) is 10.8 Å². The summed E-state index contributed by atoms with van der Waals surface area (Å²) in [6.07, 6.45) is -4.27. The summed E-state index contributed by atoms with van der Waals surface area (Å²) in [6, 6.07) is 0. The number of anilines is 2. The molecule has 59 heavy (non-hydrogen) atoms. The number of halogens is 1. The Bertz CT molecular complexity index is 2350. The van der Waals surface area contributed by atoms with E-state index in [0.29, 0.717) is 5.65 Å². The second-order valence-corrected chi connectivity index (χ2v) is 19.1. The van der Waals surface area contributed by atoms with Crippen LogP contribution < -0.4 is 11.5 Å². The van der Waals surface area contributed by atoms with Crippen LogP contribution in [0.4, 0.5) is 16.0 Å². The zero-order valence-electron chi connectivity index (χ0n) is 32.6. The van der Waals surface area contributed by atoms with Gasteiger partial charge in [0.2, 0.25) is 13.6 Å². The van der Waals surface area contributed by atoms with Crippen LogP contribution in [0.2, 0.25) is 0 Å². The third-order valence-corrected chi connectivity index (χ3v) is 12.1. The lowest BCUT2D eigenvalue weighted by molar-refractivity contribution is -0.161. The second-order valence-electron chi connectivity index (χ2n) is 15.7. The van der Waals surface area contributed by atoms with Crippen molar-refractivity contribution >= 4 is 61.3 Å². The van der Waals surface area contributed by atoms with Crippen molar-refractivity contribution < 1.29 is 64.7 Å². The third kappa shape index (κ3) is 9.01. The fourth-order valence-corrected chi connectivity index (χ4v) is 8.69. The summed E-state index contributed by atoms with van der Waals surface area (Å²) in [6.45, 7) is 7.12. The number of hydrogen-bond acceptors (Lipinski definition) is 21. The standard InChI is InChI=1S/C33H43FN10O13P2/c1-32(2,3)30(45)49-15-52-58(47)8-7-17-18(9-20(54-17)43-13-41-22-25(35)37-11-39-27(22)43)56-59(48,53-16-50-31(46)33(4,5)6)51-10-19-24(57-58)21(34)29(55-19)44-14-42-23-26(36)38-12-40-28(23)44/h7-8,11-14,17-21,24,29H,9-10,15-16H2,1-6H3,(H2,35,37,39)(H2,36,38,40)/b8-7+/t17-,18+,19-,20-,21-,24-,29-,58?,59?/m1/s1. The molecule has 2 unspecified atom stereocenters. The smallest absolute Gasteiger partial charge is 0.438 e. The highest BCUT2D eigenvalue weighted by Gasteiger charge is 2.53. The van der Waals surface area contributed by atoms with Crippen LogP contribution in [0.25, 0.3) is 22.3 Å². The lowest BCUT2D eigenvalue weighted by Gasteiger charge is -2.28. The first-order chi connectivity index (χ1) is 27.8. The molecule has 320 valence electrons. The maximum absolute atomic E-state index is 16.8. The summed E-state index contributed by atoms with van der Waals surface area (Å²) in [5, 5.41) is 0. The van der Waals surface area contributed by atoms with E-state index in [9.17, 15) is 18.7 Å². The molecule has 0 bridgehead atoms. The van der Waals surface area contributed by atoms with E-state index in [1.54, 1.807) is 41.5 Å². The highest BCUT2D eigenvalue weighted by molar-refractivity contribution is 7.57. The van der Waals surface area contributed by atoms with E-state index >= 15 is 4.39 Å². The van der Waals surface area contributed by atoms with Crippen molar-refractivity contribution in [3.05, 3.63) is 37.2 Å². The Labute approximate surface area is 335 Å². The zero-order valence-corrected chi connectivity index (χ0v) is 34.4. The Morgan fingerprint density at radius 1 is 0.814 bits per heavy atom. The first-order valence-corrected chi connectivity index (χ1v) is 21.2. The molecule has 3 aliphatic rings. The molecule has 9 atom stereocenters. The van der Waals surface area contributed by atoms with Gasteiger partial charge in [0.05, 0.1) is 30.1 Å². The predicted octanol–water partition coefficient (Wildman–Crippen LogP) is 4.10. The summed E-state index contributed by atoms with van der Waals surface area (Å²) in [4.78, 5) is 49.9. The number of rotatable bonds is 8. The Morgan fingerprint density at radius 3 is 2.00 bits per heavy atom. The third-order valence-electron chi connectivity index (χ3n) is 9.18. The summed E-state index contributed by atoms with van der Waals surface area (Å²) in [7, 11) is -9.45. The first-order valence-electron chi connectivity index (χ1n) is 18.1. The summed E-state index contributed by atoms with van der Waals surface area (Å²) in [5.74, 6) is -0.283. The van der Waals surface area contributed by atoms with Gasteiger partial charge in [-0.1, -0.05) is 0 Å². The van der Waals surface area contributed by atoms with Gasteiger partial charge in [-0.05, 0) is 47.6 Å². The minimum absolute atomic E-state index is 0.0112. The normalized spacial score (nSPS) is 30.9. The monoisotopic (exact) mass is 868 g/mol. The number of nitrogens with zero attached hydrogens (tertiary/aromatic N) is 8. The number of phosphoric ester groups is 1. The Balaban J connectivity index is 1.25. The molecule has 3 aliphatic heterocycles. The van der Waals surface area contributed by atoms with Gasteiger partial charge in [-0.15, -0.1) is 0 Å². The van der Waals surface area contributed by atoms with Gasteiger partial charge in [0.15, 0.2) is 35.3 Å². The summed E-state index contributed by atoms with van der Waals surface area (Å²) in [5.41, 5.74) is 10.9. The van der Waals surface area contributed by atoms with Crippen molar-refractivity contribution in [1.29, 1.82) is 0 Å². The molecule has 23 nitrogen and oxygen atoms in total. The van der Waals surface area contributed by atoms with Crippen molar-refractivity contribution in [2.75, 3.05) is 31.7 Å². The van der Waals surface area contributed by atoms with E-state index < -0.39 is 101 Å².